The van der Waals surface area contributed by atoms with Crippen LogP contribution in [0.25, 0.3) is 0 Å². The highest BCUT2D eigenvalue weighted by atomic mass is 16.5. The van der Waals surface area contributed by atoms with Crippen LogP contribution in [0.15, 0.2) is 36.7 Å². The molecule has 1 aromatic heterocycles. The molecule has 25 heavy (non-hydrogen) atoms. The summed E-state index contributed by atoms with van der Waals surface area (Å²) >= 11 is 0. The predicted molar refractivity (Wildman–Crippen MR) is 99.2 cm³/mol. The number of rotatable bonds is 9. The van der Waals surface area contributed by atoms with Gasteiger partial charge in [-0.15, -0.1) is 0 Å². The minimum absolute atomic E-state index is 0.161. The van der Waals surface area contributed by atoms with Crippen LogP contribution in [0.1, 0.15) is 35.7 Å². The zero-order valence-electron chi connectivity index (χ0n) is 15.2. The van der Waals surface area contributed by atoms with Crippen molar-refractivity contribution in [3.63, 3.8) is 0 Å². The third-order valence-corrected chi connectivity index (χ3v) is 3.92. The Labute approximate surface area is 149 Å². The van der Waals surface area contributed by atoms with Crippen molar-refractivity contribution in [2.75, 3.05) is 32.1 Å². The monoisotopic (exact) mass is 342 g/mol. The van der Waals surface area contributed by atoms with Crippen LogP contribution < -0.4 is 15.0 Å². The van der Waals surface area contributed by atoms with Gasteiger partial charge < -0.3 is 15.0 Å². The van der Waals surface area contributed by atoms with Crippen LogP contribution >= 0.6 is 0 Å². The number of anilines is 1. The van der Waals surface area contributed by atoms with E-state index in [1.165, 1.54) is 0 Å². The summed E-state index contributed by atoms with van der Waals surface area (Å²) in [7, 11) is 3.60. The Morgan fingerprint density at radius 3 is 2.72 bits per heavy atom. The maximum atomic E-state index is 12.2. The highest BCUT2D eigenvalue weighted by molar-refractivity contribution is 5.93. The molecule has 1 N–H and O–H groups in total. The normalized spacial score (nSPS) is 10.4. The number of ether oxygens (including phenoxy) is 1. The van der Waals surface area contributed by atoms with Gasteiger partial charge in [0.1, 0.15) is 5.75 Å². The average Bonchev–Trinajstić information content (AvgIpc) is 2.66. The predicted octanol–water partition coefficient (Wildman–Crippen LogP) is 2.69. The third kappa shape index (κ3) is 5.74. The Morgan fingerprint density at radius 2 is 2.04 bits per heavy atom. The number of aromatic nitrogens is 2. The number of nitrogens with one attached hydrogen (secondary N) is 1. The number of hydrogen-bond acceptors (Lipinski definition) is 5. The number of methoxy groups -OCH3 is 1. The van der Waals surface area contributed by atoms with Gasteiger partial charge in [0.25, 0.3) is 5.91 Å². The van der Waals surface area contributed by atoms with E-state index in [9.17, 15) is 4.79 Å². The molecule has 0 aliphatic rings. The fraction of sp³-hybridized carbons (Fsp3) is 0.421. The Kier molecular flexibility index (Phi) is 7.19. The molecule has 0 unspecified atom stereocenters. The number of unbranched alkanes of at least 4 members (excludes halogenated alkanes) is 1. The van der Waals surface area contributed by atoms with E-state index in [4.69, 9.17) is 4.74 Å². The van der Waals surface area contributed by atoms with Gasteiger partial charge in [-0.1, -0.05) is 25.5 Å². The molecule has 0 radical (unpaired) electrons. The number of hydrogen-bond donors (Lipinski definition) is 1. The van der Waals surface area contributed by atoms with Crippen LogP contribution in [-0.4, -0.2) is 43.1 Å². The zero-order valence-corrected chi connectivity index (χ0v) is 15.2. The molecule has 6 heteroatoms. The number of benzene rings is 1. The fourth-order valence-corrected chi connectivity index (χ4v) is 2.38. The second-order valence-corrected chi connectivity index (χ2v) is 5.90. The van der Waals surface area contributed by atoms with E-state index >= 15 is 0 Å². The van der Waals surface area contributed by atoms with Crippen molar-refractivity contribution in [3.8, 4) is 5.75 Å². The topological polar surface area (TPSA) is 67.4 Å². The molecule has 0 saturated heterocycles. The van der Waals surface area contributed by atoms with E-state index in [2.05, 4.69) is 22.2 Å². The molecular weight excluding hydrogens is 316 g/mol. The summed E-state index contributed by atoms with van der Waals surface area (Å²) in [6, 6.07) is 7.82. The van der Waals surface area contributed by atoms with E-state index in [0.717, 1.165) is 37.1 Å². The first kappa shape index (κ1) is 18.7. The van der Waals surface area contributed by atoms with Gasteiger partial charge in [0.05, 0.1) is 12.7 Å². The number of carbonyl (C=O) groups excluding carboxylic acids is 1. The van der Waals surface area contributed by atoms with E-state index in [-0.39, 0.29) is 5.91 Å². The first-order valence-corrected chi connectivity index (χ1v) is 8.58. The van der Waals surface area contributed by atoms with Gasteiger partial charge in [0.15, 0.2) is 0 Å². The lowest BCUT2D eigenvalue weighted by atomic mass is 10.1. The molecule has 0 atom stereocenters. The summed E-state index contributed by atoms with van der Waals surface area (Å²) < 4.78 is 5.20. The average molecular weight is 342 g/mol. The minimum atomic E-state index is -0.161. The molecule has 1 heterocycles. The van der Waals surface area contributed by atoms with Crippen molar-refractivity contribution in [3.05, 3.63) is 47.8 Å². The maximum absolute atomic E-state index is 12.2. The van der Waals surface area contributed by atoms with E-state index in [0.29, 0.717) is 18.1 Å². The van der Waals surface area contributed by atoms with Crippen LogP contribution in [0.3, 0.4) is 0 Å². The van der Waals surface area contributed by atoms with Gasteiger partial charge in [-0.05, 0) is 30.5 Å². The van der Waals surface area contributed by atoms with Crippen molar-refractivity contribution >= 4 is 11.9 Å². The molecule has 2 rings (SSSR count). The van der Waals surface area contributed by atoms with E-state index in [1.54, 1.807) is 19.5 Å². The molecule has 1 aromatic carbocycles. The second kappa shape index (κ2) is 9.61. The molecule has 1 amide bonds. The molecule has 0 bridgehead atoms. The van der Waals surface area contributed by atoms with Crippen molar-refractivity contribution in [1.82, 2.24) is 15.3 Å². The van der Waals surface area contributed by atoms with Crippen LogP contribution in [-0.2, 0) is 6.42 Å². The number of carbonyl (C=O) groups is 1. The number of amides is 1. The molecule has 0 saturated carbocycles. The summed E-state index contributed by atoms with van der Waals surface area (Å²) in [4.78, 5) is 22.7. The van der Waals surface area contributed by atoms with Gasteiger partial charge in [-0.25, -0.2) is 9.97 Å². The summed E-state index contributed by atoms with van der Waals surface area (Å²) in [6.07, 6.45) is 6.10. The molecule has 2 aromatic rings. The van der Waals surface area contributed by atoms with Crippen LogP contribution in [0.5, 0.6) is 5.75 Å². The quantitative estimate of drug-likeness (QED) is 0.759. The fourth-order valence-electron chi connectivity index (χ4n) is 2.38. The van der Waals surface area contributed by atoms with Gasteiger partial charge in [-0.2, -0.15) is 0 Å². The van der Waals surface area contributed by atoms with E-state index in [1.807, 2.05) is 36.2 Å². The lowest BCUT2D eigenvalue weighted by Crippen LogP contribution is -2.26. The second-order valence-electron chi connectivity index (χ2n) is 5.90. The first-order chi connectivity index (χ1) is 12.1. The smallest absolute Gasteiger partial charge is 0.254 e. The minimum Gasteiger partial charge on any atom is -0.497 e. The van der Waals surface area contributed by atoms with Gasteiger partial charge in [0, 0.05) is 32.5 Å². The summed E-state index contributed by atoms with van der Waals surface area (Å²) in [5.74, 6) is 1.30. The molecule has 0 aliphatic carbocycles. The zero-order chi connectivity index (χ0) is 18.1. The first-order valence-electron chi connectivity index (χ1n) is 8.58. The summed E-state index contributed by atoms with van der Waals surface area (Å²) in [5.41, 5.74) is 1.59. The van der Waals surface area contributed by atoms with Crippen molar-refractivity contribution < 1.29 is 9.53 Å². The van der Waals surface area contributed by atoms with Crippen molar-refractivity contribution in [2.45, 2.75) is 26.2 Å². The van der Waals surface area contributed by atoms with Gasteiger partial charge in [-0.3, -0.25) is 4.79 Å². The summed E-state index contributed by atoms with van der Waals surface area (Å²) in [5, 5.41) is 2.89. The van der Waals surface area contributed by atoms with Crippen LogP contribution in [0.4, 0.5) is 5.95 Å². The third-order valence-electron chi connectivity index (χ3n) is 3.92. The number of nitrogens with zero attached hydrogens (tertiary/aromatic N) is 3. The highest BCUT2D eigenvalue weighted by Crippen LogP contribution is 2.12. The Morgan fingerprint density at radius 1 is 1.28 bits per heavy atom. The molecule has 6 nitrogen and oxygen atoms in total. The standard InChI is InChI=1S/C19H26N4O2/c1-4-5-11-23(2)19-21-13-16(14-22-19)18(24)20-10-9-15-7-6-8-17(12-15)25-3/h6-8,12-14H,4-5,9-11H2,1-3H3,(H,20,24). The van der Waals surface area contributed by atoms with Gasteiger partial charge >= 0.3 is 0 Å². The van der Waals surface area contributed by atoms with Gasteiger partial charge in [0.2, 0.25) is 5.95 Å². The largest absolute Gasteiger partial charge is 0.497 e. The van der Waals surface area contributed by atoms with Crippen molar-refractivity contribution in [1.29, 1.82) is 0 Å². The summed E-state index contributed by atoms with van der Waals surface area (Å²) in [6.45, 7) is 3.60. The molecule has 0 spiro atoms. The van der Waals surface area contributed by atoms with Crippen LogP contribution in [0, 0.1) is 0 Å². The molecule has 134 valence electrons. The molecular formula is C19H26N4O2. The van der Waals surface area contributed by atoms with Crippen molar-refractivity contribution in [2.24, 2.45) is 0 Å². The maximum Gasteiger partial charge on any atom is 0.254 e. The Bertz CT molecular complexity index is 673. The Hall–Kier alpha value is -2.63. The van der Waals surface area contributed by atoms with Crippen LogP contribution in [0.2, 0.25) is 0 Å². The van der Waals surface area contributed by atoms with E-state index < -0.39 is 0 Å². The molecule has 0 aliphatic heterocycles. The molecule has 0 fully saturated rings. The lowest BCUT2D eigenvalue weighted by molar-refractivity contribution is 0.0953. The SMILES string of the molecule is CCCCN(C)c1ncc(C(=O)NCCc2cccc(OC)c2)cn1. The highest BCUT2D eigenvalue weighted by Gasteiger charge is 2.09. The Balaban J connectivity index is 1.84. The lowest BCUT2D eigenvalue weighted by Gasteiger charge is -2.16.